The molecule has 0 bridgehead atoms. The maximum atomic E-state index is 7.61. The van der Waals surface area contributed by atoms with Gasteiger partial charge in [-0.15, -0.1) is 0 Å². The van der Waals surface area contributed by atoms with Gasteiger partial charge in [-0.25, -0.2) is 0 Å². The van der Waals surface area contributed by atoms with Crippen LogP contribution in [0.1, 0.15) is 83.0 Å². The van der Waals surface area contributed by atoms with Crippen molar-refractivity contribution in [2.45, 2.75) is 77.5 Å². The summed E-state index contributed by atoms with van der Waals surface area (Å²) in [5.41, 5.74) is 0. The molecule has 0 atom stereocenters. The Morgan fingerprint density at radius 3 is 1.64 bits per heavy atom. The van der Waals surface area contributed by atoms with Crippen LogP contribution in [0, 0.1) is 0 Å². The average molecular weight is 267 g/mol. The zero-order valence-electron chi connectivity index (χ0n) is 13.4. The van der Waals surface area contributed by atoms with Crippen molar-refractivity contribution in [1.29, 1.82) is 0 Å². The lowest BCUT2D eigenvalue weighted by atomic mass is 10.1. The van der Waals surface area contributed by atoms with Gasteiger partial charge in [0.1, 0.15) is 0 Å². The third kappa shape index (κ3) is 12.5. The molecule has 0 aromatic carbocycles. The Kier molecular flexibility index (Phi) is 8.29. The van der Waals surface area contributed by atoms with Crippen LogP contribution in [0.5, 0.6) is 0 Å². The molecule has 0 aromatic heterocycles. The molecule has 1 heteroatoms. The zero-order chi connectivity index (χ0) is 14.1. The first kappa shape index (κ1) is 8.61. The Morgan fingerprint density at radius 1 is 0.786 bits per heavy atom. The summed E-state index contributed by atoms with van der Waals surface area (Å²) in [5, 5.41) is -1.92. The Morgan fingerprint density at radius 2 is 1.21 bits per heavy atom. The molecular weight excluding hydrogens is 236 g/mol. The van der Waals surface area contributed by atoms with Crippen LogP contribution in [0.25, 0.3) is 0 Å². The van der Waals surface area contributed by atoms with Gasteiger partial charge in [-0.05, 0) is 6.37 Å². The Labute approximate surface area is 105 Å². The van der Waals surface area contributed by atoms with Gasteiger partial charge in [0.05, 0.1) is 0 Å². The molecule has 0 aliphatic rings. The van der Waals surface area contributed by atoms with Crippen molar-refractivity contribution in [2.75, 3.05) is 5.28 Å². The van der Waals surface area contributed by atoms with Gasteiger partial charge in [0.2, 0.25) is 0 Å². The molecular formula is C13H27Br. The third-order valence-electron chi connectivity index (χ3n) is 2.47. The van der Waals surface area contributed by atoms with E-state index in [0.29, 0.717) is 6.42 Å². The summed E-state index contributed by atoms with van der Waals surface area (Å²) in [5.74, 6) is 0. The maximum Gasteiger partial charge on any atom is 0.0387 e. The lowest BCUT2D eigenvalue weighted by molar-refractivity contribution is 0.555. The maximum absolute atomic E-state index is 7.61. The van der Waals surface area contributed by atoms with E-state index in [-0.39, 0.29) is 0 Å². The predicted octanol–water partition coefficient (Wildman–Crippen LogP) is 5.69. The average Bonchev–Trinajstić information content (AvgIpc) is 2.25. The van der Waals surface area contributed by atoms with E-state index in [1.54, 1.807) is 0 Å². The van der Waals surface area contributed by atoms with E-state index in [1.807, 2.05) is 0 Å². The summed E-state index contributed by atoms with van der Waals surface area (Å²) >= 11 is 2.78. The second kappa shape index (κ2) is 13.5. The van der Waals surface area contributed by atoms with Gasteiger partial charge >= 0.3 is 0 Å². The first-order chi connectivity index (χ1) is 8.31. The van der Waals surface area contributed by atoms with Gasteiger partial charge in [0.25, 0.3) is 0 Å². The van der Waals surface area contributed by atoms with Crippen molar-refractivity contribution in [2.24, 2.45) is 0 Å². The second-order valence-corrected chi connectivity index (χ2v) is 4.25. The molecule has 0 spiro atoms. The van der Waals surface area contributed by atoms with E-state index in [2.05, 4.69) is 22.9 Å². The topological polar surface area (TPSA) is 0 Å². The lowest BCUT2D eigenvalue weighted by Crippen LogP contribution is -1.82. The monoisotopic (exact) mass is 266 g/mol. The summed E-state index contributed by atoms with van der Waals surface area (Å²) in [7, 11) is 0. The largest absolute Gasteiger partial charge is 0.0928 e. The van der Waals surface area contributed by atoms with Crippen LogP contribution in [-0.4, -0.2) is 5.28 Å². The van der Waals surface area contributed by atoms with Crippen molar-refractivity contribution in [3.63, 3.8) is 0 Å². The highest BCUT2D eigenvalue weighted by Gasteiger charge is 1.91. The summed E-state index contributed by atoms with van der Waals surface area (Å²) in [6.07, 6.45) is 9.23. The van der Waals surface area contributed by atoms with E-state index < -0.39 is 11.7 Å². The van der Waals surface area contributed by atoms with Crippen LogP contribution in [0.15, 0.2) is 0 Å². The molecule has 0 N–H and O–H groups in total. The van der Waals surface area contributed by atoms with E-state index in [1.165, 1.54) is 38.5 Å². The lowest BCUT2D eigenvalue weighted by Gasteiger charge is -2.01. The van der Waals surface area contributed by atoms with Crippen molar-refractivity contribution in [3.05, 3.63) is 0 Å². The molecule has 0 aromatic rings. The molecule has 0 nitrogen and oxygen atoms in total. The molecule has 14 heavy (non-hydrogen) atoms. The summed E-state index contributed by atoms with van der Waals surface area (Å²) < 4.78 is 29.9. The molecule has 0 aliphatic carbocycles. The Balaban J connectivity index is 3.41. The smallest absolute Gasteiger partial charge is 0.0387 e. The highest BCUT2D eigenvalue weighted by molar-refractivity contribution is 9.09. The first-order valence-electron chi connectivity index (χ1n) is 8.00. The second-order valence-electron chi connectivity index (χ2n) is 3.85. The molecule has 0 radical (unpaired) electrons. The molecule has 0 fully saturated rings. The van der Waals surface area contributed by atoms with Crippen LogP contribution in [0.3, 0.4) is 0 Å². The number of alkyl halides is 1. The molecule has 0 aliphatic heterocycles. The number of hydrogen-bond donors (Lipinski definition) is 0. The molecule has 0 saturated heterocycles. The third-order valence-corrected chi connectivity index (χ3v) is 2.75. The first-order valence-corrected chi connectivity index (χ1v) is 6.79. The molecule has 0 saturated carbocycles. The minimum absolute atomic E-state index is 0.293. The van der Waals surface area contributed by atoms with Crippen LogP contribution >= 0.6 is 15.9 Å². The van der Waals surface area contributed by atoms with Crippen LogP contribution in [0.4, 0.5) is 0 Å². The van der Waals surface area contributed by atoms with Crippen LogP contribution < -0.4 is 0 Å². The van der Waals surface area contributed by atoms with E-state index in [9.17, 15) is 0 Å². The Hall–Kier alpha value is 0.480. The normalized spacial score (nSPS) is 17.0. The van der Waals surface area contributed by atoms with Crippen LogP contribution in [0.2, 0.25) is 0 Å². The molecule has 0 rings (SSSR count). The number of unbranched alkanes of at least 4 members (excludes halogenated alkanes) is 8. The fourth-order valence-electron chi connectivity index (χ4n) is 1.57. The van der Waals surface area contributed by atoms with E-state index in [0.717, 1.165) is 19.3 Å². The van der Waals surface area contributed by atoms with Gasteiger partial charge in [-0.1, -0.05) is 87.1 Å². The summed E-state index contributed by atoms with van der Waals surface area (Å²) in [4.78, 5) is 0. The van der Waals surface area contributed by atoms with Gasteiger partial charge < -0.3 is 0 Å². The molecule has 0 amide bonds. The Bertz CT molecular complexity index is 202. The summed E-state index contributed by atoms with van der Waals surface area (Å²) in [6, 6.07) is 0. The van der Waals surface area contributed by atoms with Crippen molar-refractivity contribution < 1.29 is 5.48 Å². The van der Waals surface area contributed by atoms with Gasteiger partial charge in [-0.2, -0.15) is 0 Å². The van der Waals surface area contributed by atoms with Crippen molar-refractivity contribution in [3.8, 4) is 0 Å². The fourth-order valence-corrected chi connectivity index (χ4v) is 1.77. The van der Waals surface area contributed by atoms with Crippen LogP contribution in [-0.2, 0) is 0 Å². The SMILES string of the molecule is [2H]C([2H])(Br)C([2H])([2H])CCCCCCCCCCC. The number of halogens is 1. The zero-order valence-corrected chi connectivity index (χ0v) is 11.0. The molecule has 0 heterocycles. The highest BCUT2D eigenvalue weighted by atomic mass is 79.9. The number of hydrogen-bond acceptors (Lipinski definition) is 0. The van der Waals surface area contributed by atoms with Gasteiger partial charge in [0.15, 0.2) is 0 Å². The minimum Gasteiger partial charge on any atom is -0.0928 e. The standard InChI is InChI=1S/C13H27Br/c1-2-3-4-5-6-7-8-9-10-11-12-13-14/h2-13H2,1H3/i12D2,13D2. The molecule has 86 valence electrons. The van der Waals surface area contributed by atoms with E-state index in [4.69, 9.17) is 5.48 Å². The number of rotatable bonds is 11. The fraction of sp³-hybridized carbons (Fsp3) is 1.00. The minimum atomic E-state index is -1.92. The quantitative estimate of drug-likeness (QED) is 0.333. The highest BCUT2D eigenvalue weighted by Crippen LogP contribution is 2.11. The van der Waals surface area contributed by atoms with Gasteiger partial charge in [-0.3, -0.25) is 0 Å². The molecule has 0 unspecified atom stereocenters. The summed E-state index contributed by atoms with van der Waals surface area (Å²) in [6.45, 7) is 2.22. The van der Waals surface area contributed by atoms with E-state index >= 15 is 0 Å². The predicted molar refractivity (Wildman–Crippen MR) is 70.3 cm³/mol. The van der Waals surface area contributed by atoms with Crippen molar-refractivity contribution in [1.82, 2.24) is 0 Å². The van der Waals surface area contributed by atoms with Crippen molar-refractivity contribution >= 4 is 15.9 Å². The van der Waals surface area contributed by atoms with Gasteiger partial charge in [0, 0.05) is 10.8 Å².